The van der Waals surface area contributed by atoms with Crippen LogP contribution in [-0.4, -0.2) is 38.0 Å². The Morgan fingerprint density at radius 1 is 1.08 bits per heavy atom. The van der Waals surface area contributed by atoms with Gasteiger partial charge < -0.3 is 9.88 Å². The summed E-state index contributed by atoms with van der Waals surface area (Å²) >= 11 is 0. The van der Waals surface area contributed by atoms with Gasteiger partial charge in [0.25, 0.3) is 5.56 Å². The normalized spacial score (nSPS) is 14.1. The Hall–Kier alpha value is -3.09. The molecule has 0 aliphatic carbocycles. The number of anilines is 1. The molecule has 4 heterocycles. The van der Waals surface area contributed by atoms with Crippen molar-refractivity contribution in [2.75, 3.05) is 18.0 Å². The molecule has 120 valence electrons. The Morgan fingerprint density at radius 3 is 2.88 bits per heavy atom. The van der Waals surface area contributed by atoms with Crippen LogP contribution in [0.1, 0.15) is 11.3 Å². The number of rotatable bonds is 2. The summed E-state index contributed by atoms with van der Waals surface area (Å²) in [6.07, 6.45) is 8.10. The zero-order chi connectivity index (χ0) is 16.4. The van der Waals surface area contributed by atoms with Crippen molar-refractivity contribution in [2.24, 2.45) is 0 Å². The first-order valence-electron chi connectivity index (χ1n) is 7.85. The van der Waals surface area contributed by atoms with Crippen LogP contribution in [0.3, 0.4) is 0 Å². The van der Waals surface area contributed by atoms with Crippen LogP contribution in [-0.2, 0) is 12.8 Å². The zero-order valence-corrected chi connectivity index (χ0v) is 13.0. The molecule has 0 radical (unpaired) electrons. The van der Waals surface area contributed by atoms with Crippen molar-refractivity contribution in [1.82, 2.24) is 24.9 Å². The van der Waals surface area contributed by atoms with E-state index >= 15 is 0 Å². The predicted molar refractivity (Wildman–Crippen MR) is 89.7 cm³/mol. The molecule has 1 N–H and O–H groups in total. The van der Waals surface area contributed by atoms with Crippen LogP contribution in [0.2, 0.25) is 0 Å². The standard InChI is InChI=1S/C17H16N6O/c24-16-13-4-8-23(9-5-15(13)20-11-21-16)17-19-7-3-14(22-17)12-2-1-6-18-10-12/h1-3,6-7,10-11H,4-5,8-9H2,(H,20,21,24). The largest absolute Gasteiger partial charge is 0.340 e. The molecule has 7 heteroatoms. The number of nitrogens with zero attached hydrogens (tertiary/aromatic N) is 5. The van der Waals surface area contributed by atoms with Gasteiger partial charge in [0.05, 0.1) is 17.7 Å². The molecule has 24 heavy (non-hydrogen) atoms. The smallest absolute Gasteiger partial charge is 0.254 e. The highest BCUT2D eigenvalue weighted by Crippen LogP contribution is 2.19. The molecule has 0 unspecified atom stereocenters. The minimum absolute atomic E-state index is 0.0492. The molecular formula is C17H16N6O. The minimum Gasteiger partial charge on any atom is -0.340 e. The average molecular weight is 320 g/mol. The Labute approximate surface area is 138 Å². The third-order valence-electron chi connectivity index (χ3n) is 4.17. The summed E-state index contributed by atoms with van der Waals surface area (Å²) < 4.78 is 0. The van der Waals surface area contributed by atoms with Gasteiger partial charge in [-0.15, -0.1) is 0 Å². The molecule has 0 saturated carbocycles. The average Bonchev–Trinajstić information content (AvgIpc) is 2.86. The van der Waals surface area contributed by atoms with Gasteiger partial charge in [-0.25, -0.2) is 15.0 Å². The van der Waals surface area contributed by atoms with Gasteiger partial charge in [-0.2, -0.15) is 0 Å². The fourth-order valence-electron chi connectivity index (χ4n) is 2.91. The summed E-state index contributed by atoms with van der Waals surface area (Å²) in [4.78, 5) is 34.2. The highest BCUT2D eigenvalue weighted by Gasteiger charge is 2.19. The maximum absolute atomic E-state index is 11.9. The van der Waals surface area contributed by atoms with Crippen LogP contribution in [0.4, 0.5) is 5.95 Å². The van der Waals surface area contributed by atoms with Gasteiger partial charge >= 0.3 is 0 Å². The van der Waals surface area contributed by atoms with Gasteiger partial charge in [-0.1, -0.05) is 0 Å². The van der Waals surface area contributed by atoms with Crippen LogP contribution in [0, 0.1) is 0 Å². The molecule has 0 aromatic carbocycles. The zero-order valence-electron chi connectivity index (χ0n) is 13.0. The maximum Gasteiger partial charge on any atom is 0.254 e. The lowest BCUT2D eigenvalue weighted by molar-refractivity contribution is 0.769. The number of nitrogens with one attached hydrogen (secondary N) is 1. The molecule has 0 bridgehead atoms. The summed E-state index contributed by atoms with van der Waals surface area (Å²) in [6, 6.07) is 5.73. The Balaban J connectivity index is 1.62. The SMILES string of the molecule is O=c1[nH]cnc2c1CCN(c1nccc(-c3cccnc3)n1)CC2. The number of H-pyrrole nitrogens is 1. The van der Waals surface area contributed by atoms with E-state index in [0.717, 1.165) is 29.1 Å². The monoisotopic (exact) mass is 320 g/mol. The molecule has 7 nitrogen and oxygen atoms in total. The van der Waals surface area contributed by atoms with Crippen LogP contribution in [0.15, 0.2) is 47.9 Å². The summed E-state index contributed by atoms with van der Waals surface area (Å²) in [5, 5.41) is 0. The predicted octanol–water partition coefficient (Wildman–Crippen LogP) is 1.23. The van der Waals surface area contributed by atoms with Crippen molar-refractivity contribution in [1.29, 1.82) is 0 Å². The van der Waals surface area contributed by atoms with Gasteiger partial charge in [-0.3, -0.25) is 9.78 Å². The van der Waals surface area contributed by atoms with Crippen molar-refractivity contribution in [3.63, 3.8) is 0 Å². The van der Waals surface area contributed by atoms with Gasteiger partial charge in [0.2, 0.25) is 5.95 Å². The lowest BCUT2D eigenvalue weighted by Gasteiger charge is -2.20. The van der Waals surface area contributed by atoms with Crippen LogP contribution in [0.25, 0.3) is 11.3 Å². The molecule has 0 fully saturated rings. The highest BCUT2D eigenvalue weighted by atomic mass is 16.1. The minimum atomic E-state index is -0.0492. The molecule has 1 aliphatic rings. The lowest BCUT2D eigenvalue weighted by Crippen LogP contribution is -2.28. The lowest BCUT2D eigenvalue weighted by atomic mass is 10.1. The quantitative estimate of drug-likeness (QED) is 0.764. The van der Waals surface area contributed by atoms with E-state index in [1.807, 2.05) is 18.2 Å². The molecule has 0 saturated heterocycles. The molecule has 1 aliphatic heterocycles. The van der Waals surface area contributed by atoms with E-state index in [9.17, 15) is 4.79 Å². The molecule has 0 amide bonds. The molecule has 3 aromatic heterocycles. The topological polar surface area (TPSA) is 87.7 Å². The summed E-state index contributed by atoms with van der Waals surface area (Å²) in [5.74, 6) is 0.667. The number of hydrogen-bond acceptors (Lipinski definition) is 6. The second-order valence-electron chi connectivity index (χ2n) is 5.63. The molecule has 0 spiro atoms. The van der Waals surface area contributed by atoms with Crippen molar-refractivity contribution in [3.05, 3.63) is 64.7 Å². The van der Waals surface area contributed by atoms with Crippen molar-refractivity contribution < 1.29 is 0 Å². The number of aromatic nitrogens is 5. The first-order chi connectivity index (χ1) is 11.8. The summed E-state index contributed by atoms with van der Waals surface area (Å²) in [5.41, 5.74) is 3.38. The second kappa shape index (κ2) is 6.19. The van der Waals surface area contributed by atoms with E-state index in [2.05, 4.69) is 29.8 Å². The number of pyridine rings is 1. The van der Waals surface area contributed by atoms with Crippen LogP contribution < -0.4 is 10.5 Å². The summed E-state index contributed by atoms with van der Waals surface area (Å²) in [7, 11) is 0. The Morgan fingerprint density at radius 2 is 2.00 bits per heavy atom. The molecule has 3 aromatic rings. The van der Waals surface area contributed by atoms with E-state index in [4.69, 9.17) is 0 Å². The number of hydrogen-bond donors (Lipinski definition) is 1. The van der Waals surface area contributed by atoms with Crippen molar-refractivity contribution in [2.45, 2.75) is 12.8 Å². The first-order valence-corrected chi connectivity index (χ1v) is 7.85. The molecule has 4 rings (SSSR count). The van der Waals surface area contributed by atoms with E-state index in [0.29, 0.717) is 25.3 Å². The maximum atomic E-state index is 11.9. The van der Waals surface area contributed by atoms with Crippen LogP contribution >= 0.6 is 0 Å². The fourth-order valence-corrected chi connectivity index (χ4v) is 2.91. The third-order valence-corrected chi connectivity index (χ3v) is 4.17. The molecular weight excluding hydrogens is 304 g/mol. The first kappa shape index (κ1) is 14.5. The Kier molecular flexibility index (Phi) is 3.74. The fraction of sp³-hybridized carbons (Fsp3) is 0.235. The van der Waals surface area contributed by atoms with Gasteiger partial charge in [-0.05, 0) is 24.6 Å². The van der Waals surface area contributed by atoms with Gasteiger partial charge in [0, 0.05) is 49.2 Å². The van der Waals surface area contributed by atoms with E-state index in [1.54, 1.807) is 18.6 Å². The van der Waals surface area contributed by atoms with E-state index in [1.165, 1.54) is 6.33 Å². The highest BCUT2D eigenvalue weighted by molar-refractivity contribution is 5.58. The van der Waals surface area contributed by atoms with E-state index < -0.39 is 0 Å². The van der Waals surface area contributed by atoms with Crippen molar-refractivity contribution in [3.8, 4) is 11.3 Å². The molecule has 0 atom stereocenters. The van der Waals surface area contributed by atoms with Gasteiger partial charge in [0.1, 0.15) is 0 Å². The van der Waals surface area contributed by atoms with Crippen LogP contribution in [0.5, 0.6) is 0 Å². The third kappa shape index (κ3) is 2.76. The van der Waals surface area contributed by atoms with Crippen molar-refractivity contribution >= 4 is 5.95 Å². The Bertz CT molecular complexity index is 908. The van der Waals surface area contributed by atoms with Gasteiger partial charge in [0.15, 0.2) is 0 Å². The van der Waals surface area contributed by atoms with E-state index in [-0.39, 0.29) is 5.56 Å². The number of fused-ring (bicyclic) bond motifs is 1. The number of aromatic amines is 1. The summed E-state index contributed by atoms with van der Waals surface area (Å²) in [6.45, 7) is 1.43. The second-order valence-corrected chi connectivity index (χ2v) is 5.63.